The van der Waals surface area contributed by atoms with Crippen LogP contribution in [0.1, 0.15) is 32.6 Å². The van der Waals surface area contributed by atoms with Gasteiger partial charge in [-0.15, -0.1) is 0 Å². The topological polar surface area (TPSA) is 47.6 Å². The van der Waals surface area contributed by atoms with Crippen molar-refractivity contribution in [2.45, 2.75) is 50.5 Å². The molecule has 1 amide bonds. The Bertz CT molecular complexity index is 522. The van der Waals surface area contributed by atoms with Crippen LogP contribution in [0.25, 0.3) is 0 Å². The summed E-state index contributed by atoms with van der Waals surface area (Å²) in [7, 11) is 0. The summed E-state index contributed by atoms with van der Waals surface area (Å²) in [6.07, 6.45) is 3.15. The maximum absolute atomic E-state index is 11.8. The lowest BCUT2D eigenvalue weighted by Crippen LogP contribution is -2.56. The molecule has 3 unspecified atom stereocenters. The van der Waals surface area contributed by atoms with Crippen LogP contribution in [-0.4, -0.2) is 23.8 Å². The van der Waals surface area contributed by atoms with E-state index in [-0.39, 0.29) is 12.0 Å². The van der Waals surface area contributed by atoms with E-state index in [0.29, 0.717) is 10.8 Å². The summed E-state index contributed by atoms with van der Waals surface area (Å²) < 4.78 is 11.9. The van der Waals surface area contributed by atoms with E-state index in [4.69, 9.17) is 21.1 Å². The fourth-order valence-corrected chi connectivity index (χ4v) is 3.14. The highest BCUT2D eigenvalue weighted by Crippen LogP contribution is 2.37. The van der Waals surface area contributed by atoms with Crippen LogP contribution in [0.2, 0.25) is 5.02 Å². The summed E-state index contributed by atoms with van der Waals surface area (Å²) in [5.74, 6) is 0.646. The smallest absolute Gasteiger partial charge is 0.251 e. The van der Waals surface area contributed by atoms with Crippen molar-refractivity contribution in [2.24, 2.45) is 0 Å². The predicted octanol–water partition coefficient (Wildman–Crippen LogP) is 2.89. The van der Waals surface area contributed by atoms with Gasteiger partial charge in [0.05, 0.1) is 0 Å². The van der Waals surface area contributed by atoms with Crippen LogP contribution >= 0.6 is 11.6 Å². The molecule has 1 saturated heterocycles. The van der Waals surface area contributed by atoms with Gasteiger partial charge in [-0.25, -0.2) is 0 Å². The molecule has 1 aromatic carbocycles. The number of hydrogen-bond donors (Lipinski definition) is 1. The van der Waals surface area contributed by atoms with E-state index in [9.17, 15) is 4.79 Å². The lowest BCUT2D eigenvalue weighted by molar-refractivity contribution is -0.134. The Hall–Kier alpha value is -1.26. The van der Waals surface area contributed by atoms with Crippen molar-refractivity contribution < 1.29 is 14.3 Å². The molecular formula is C15H18ClNO3. The molecule has 20 heavy (non-hydrogen) atoms. The number of nitrogens with one attached hydrogen (secondary N) is 1. The molecule has 2 fully saturated rings. The molecule has 1 heterocycles. The van der Waals surface area contributed by atoms with Gasteiger partial charge in [0.25, 0.3) is 5.91 Å². The third kappa shape index (κ3) is 2.50. The van der Waals surface area contributed by atoms with Gasteiger partial charge in [-0.1, -0.05) is 17.7 Å². The highest BCUT2D eigenvalue weighted by molar-refractivity contribution is 6.30. The van der Waals surface area contributed by atoms with E-state index in [1.165, 1.54) is 0 Å². The Kier molecular flexibility index (Phi) is 3.61. The summed E-state index contributed by atoms with van der Waals surface area (Å²) in [6.45, 7) is 1.77. The van der Waals surface area contributed by atoms with E-state index in [1.54, 1.807) is 19.1 Å². The normalized spacial score (nSPS) is 33.2. The summed E-state index contributed by atoms with van der Waals surface area (Å²) >= 11 is 5.98. The number of hydrogen-bond acceptors (Lipinski definition) is 3. The monoisotopic (exact) mass is 295 g/mol. The Balaban J connectivity index is 1.81. The van der Waals surface area contributed by atoms with Gasteiger partial charge in [0, 0.05) is 5.02 Å². The molecule has 2 aliphatic rings. The number of carbonyl (C=O) groups excluding carboxylic acids is 1. The minimum Gasteiger partial charge on any atom is -0.485 e. The minimum atomic E-state index is -0.683. The molecule has 1 saturated carbocycles. The first kappa shape index (κ1) is 13.7. The van der Waals surface area contributed by atoms with Gasteiger partial charge in [-0.2, -0.15) is 0 Å². The highest BCUT2D eigenvalue weighted by Gasteiger charge is 2.51. The van der Waals surface area contributed by atoms with E-state index in [0.717, 1.165) is 25.7 Å². The van der Waals surface area contributed by atoms with Crippen LogP contribution in [-0.2, 0) is 9.53 Å². The highest BCUT2D eigenvalue weighted by atomic mass is 35.5. The van der Waals surface area contributed by atoms with Crippen molar-refractivity contribution in [1.29, 1.82) is 0 Å². The second kappa shape index (κ2) is 5.26. The third-order valence-corrected chi connectivity index (χ3v) is 4.19. The van der Waals surface area contributed by atoms with Crippen molar-refractivity contribution in [3.8, 4) is 5.75 Å². The average molecular weight is 296 g/mol. The number of benzene rings is 1. The van der Waals surface area contributed by atoms with Crippen molar-refractivity contribution in [3.05, 3.63) is 29.3 Å². The first-order chi connectivity index (χ1) is 9.59. The fourth-order valence-electron chi connectivity index (χ4n) is 2.96. The Morgan fingerprint density at radius 3 is 3.00 bits per heavy atom. The first-order valence-electron chi connectivity index (χ1n) is 7.01. The van der Waals surface area contributed by atoms with Crippen LogP contribution in [0.5, 0.6) is 5.75 Å². The Morgan fingerprint density at radius 2 is 2.30 bits per heavy atom. The number of halogens is 1. The summed E-state index contributed by atoms with van der Waals surface area (Å²) in [6, 6.07) is 7.31. The average Bonchev–Trinajstić information content (AvgIpc) is 2.68. The molecule has 1 N–H and O–H groups in total. The van der Waals surface area contributed by atoms with Crippen molar-refractivity contribution in [3.63, 3.8) is 0 Å². The van der Waals surface area contributed by atoms with E-state index < -0.39 is 11.8 Å². The fraction of sp³-hybridized carbons (Fsp3) is 0.533. The van der Waals surface area contributed by atoms with Crippen molar-refractivity contribution >= 4 is 17.5 Å². The summed E-state index contributed by atoms with van der Waals surface area (Å²) in [4.78, 5) is 11.8. The zero-order valence-corrected chi connectivity index (χ0v) is 12.2. The quantitative estimate of drug-likeness (QED) is 0.912. The zero-order valence-electron chi connectivity index (χ0n) is 11.4. The third-order valence-electron chi connectivity index (χ3n) is 3.95. The maximum Gasteiger partial charge on any atom is 0.251 e. The molecule has 3 atom stereocenters. The molecule has 1 aromatic rings. The number of ether oxygens (including phenoxy) is 2. The summed E-state index contributed by atoms with van der Waals surface area (Å²) in [5, 5.41) is 3.62. The molecular weight excluding hydrogens is 278 g/mol. The first-order valence-corrected chi connectivity index (χ1v) is 7.39. The molecule has 4 nitrogen and oxygen atoms in total. The molecule has 0 radical (unpaired) electrons. The lowest BCUT2D eigenvalue weighted by Gasteiger charge is -2.39. The van der Waals surface area contributed by atoms with Gasteiger partial charge >= 0.3 is 0 Å². The second-order valence-electron chi connectivity index (χ2n) is 5.45. The standard InChI is InChI=1S/C15H18ClNO3/c1-10-14(18)17-15(20-10)8-3-2-7-13(15)19-12-6-4-5-11(16)9-12/h4-6,9-10,13H,2-3,7-8H2,1H3,(H,17,18). The maximum atomic E-state index is 11.8. The van der Waals surface area contributed by atoms with Gasteiger partial charge in [0.1, 0.15) is 18.0 Å². The van der Waals surface area contributed by atoms with Gasteiger partial charge in [0.15, 0.2) is 5.72 Å². The van der Waals surface area contributed by atoms with E-state index >= 15 is 0 Å². The molecule has 1 aliphatic heterocycles. The molecule has 0 bridgehead atoms. The molecule has 3 rings (SSSR count). The minimum absolute atomic E-state index is 0.0633. The Labute approximate surface area is 123 Å². The largest absolute Gasteiger partial charge is 0.485 e. The molecule has 5 heteroatoms. The van der Waals surface area contributed by atoms with Crippen molar-refractivity contribution in [1.82, 2.24) is 5.32 Å². The van der Waals surface area contributed by atoms with Gasteiger partial charge < -0.3 is 14.8 Å². The van der Waals surface area contributed by atoms with Crippen LogP contribution in [0, 0.1) is 0 Å². The zero-order chi connectivity index (χ0) is 14.2. The predicted molar refractivity (Wildman–Crippen MR) is 75.8 cm³/mol. The van der Waals surface area contributed by atoms with Crippen molar-refractivity contribution in [2.75, 3.05) is 0 Å². The second-order valence-corrected chi connectivity index (χ2v) is 5.88. The van der Waals surface area contributed by atoms with Gasteiger partial charge in [-0.05, 0) is 50.8 Å². The van der Waals surface area contributed by atoms with E-state index in [2.05, 4.69) is 5.32 Å². The number of carbonyl (C=O) groups is 1. The molecule has 0 aromatic heterocycles. The van der Waals surface area contributed by atoms with Gasteiger partial charge in [0.2, 0.25) is 0 Å². The lowest BCUT2D eigenvalue weighted by atomic mass is 9.89. The van der Waals surface area contributed by atoms with Gasteiger partial charge in [-0.3, -0.25) is 4.79 Å². The SMILES string of the molecule is CC1OC2(CCCCC2Oc2cccc(Cl)c2)NC1=O. The number of amides is 1. The molecule has 1 aliphatic carbocycles. The molecule has 1 spiro atoms. The molecule has 108 valence electrons. The van der Waals surface area contributed by atoms with Crippen LogP contribution < -0.4 is 10.1 Å². The Morgan fingerprint density at radius 1 is 1.45 bits per heavy atom. The van der Waals surface area contributed by atoms with E-state index in [1.807, 2.05) is 12.1 Å². The summed E-state index contributed by atoms with van der Waals surface area (Å²) in [5.41, 5.74) is -0.683. The van der Waals surface area contributed by atoms with Crippen LogP contribution in [0.3, 0.4) is 0 Å². The van der Waals surface area contributed by atoms with Crippen LogP contribution in [0.15, 0.2) is 24.3 Å². The van der Waals surface area contributed by atoms with Crippen LogP contribution in [0.4, 0.5) is 0 Å². The number of rotatable bonds is 2.